The van der Waals surface area contributed by atoms with E-state index in [4.69, 9.17) is 4.55 Å². The molecule has 5 heteroatoms. The first-order chi connectivity index (χ1) is 6.06. The van der Waals surface area contributed by atoms with Gasteiger partial charge in [0.15, 0.2) is 0 Å². The topological polar surface area (TPSA) is 63.6 Å². The highest BCUT2D eigenvalue weighted by atomic mass is 32.3. The number of allylic oxidation sites excluding steroid dienone is 3. The van der Waals surface area contributed by atoms with Crippen LogP contribution in [-0.2, 0) is 14.6 Å². The van der Waals surface area contributed by atoms with Crippen LogP contribution < -0.4 is 0 Å². The van der Waals surface area contributed by atoms with Crippen LogP contribution in [0.5, 0.6) is 0 Å². The van der Waals surface area contributed by atoms with Gasteiger partial charge in [0.1, 0.15) is 6.26 Å². The van der Waals surface area contributed by atoms with E-state index in [1.165, 1.54) is 6.08 Å². The Labute approximate surface area is 78.9 Å². The highest BCUT2D eigenvalue weighted by Gasteiger charge is 1.97. The van der Waals surface area contributed by atoms with Crippen molar-refractivity contribution in [3.05, 3.63) is 24.5 Å². The van der Waals surface area contributed by atoms with Crippen LogP contribution in [0.15, 0.2) is 24.5 Å². The third-order valence-electron chi connectivity index (χ3n) is 1.23. The fourth-order valence-electron chi connectivity index (χ4n) is 0.644. The number of hydrogen-bond donors (Lipinski definition) is 1. The van der Waals surface area contributed by atoms with Crippen molar-refractivity contribution < 1.29 is 17.2 Å². The molecule has 0 aliphatic rings. The molecule has 0 aliphatic carbocycles. The lowest BCUT2D eigenvalue weighted by molar-refractivity contribution is 0.356. The van der Waals surface area contributed by atoms with E-state index in [1.807, 2.05) is 6.08 Å². The van der Waals surface area contributed by atoms with Crippen molar-refractivity contribution in [2.75, 3.05) is 0 Å². The number of rotatable bonds is 6. The summed E-state index contributed by atoms with van der Waals surface area (Å²) in [5.74, 6) is 0. The molecule has 0 unspecified atom stereocenters. The molecule has 0 fully saturated rings. The number of hydrogen-bond acceptors (Lipinski definition) is 3. The average molecular weight is 206 g/mol. The van der Waals surface area contributed by atoms with Crippen molar-refractivity contribution in [3.63, 3.8) is 0 Å². The second kappa shape index (κ2) is 6.68. The maximum Gasteiger partial charge on any atom is 0.445 e. The van der Waals surface area contributed by atoms with E-state index in [9.17, 15) is 8.42 Å². The maximum absolute atomic E-state index is 10.0. The molecule has 0 bridgehead atoms. The van der Waals surface area contributed by atoms with Crippen molar-refractivity contribution in [1.82, 2.24) is 0 Å². The summed E-state index contributed by atoms with van der Waals surface area (Å²) in [4.78, 5) is 0. The summed E-state index contributed by atoms with van der Waals surface area (Å²) in [7, 11) is -4.34. The average Bonchev–Trinajstić information content (AvgIpc) is 2.01. The van der Waals surface area contributed by atoms with E-state index in [0.717, 1.165) is 25.5 Å². The monoisotopic (exact) mass is 206 g/mol. The van der Waals surface area contributed by atoms with E-state index in [0.29, 0.717) is 0 Å². The van der Waals surface area contributed by atoms with Gasteiger partial charge in [0.05, 0.1) is 0 Å². The third kappa shape index (κ3) is 11.2. The minimum atomic E-state index is -4.34. The van der Waals surface area contributed by atoms with E-state index < -0.39 is 10.4 Å². The first kappa shape index (κ1) is 12.2. The van der Waals surface area contributed by atoms with E-state index >= 15 is 0 Å². The molecule has 4 nitrogen and oxygen atoms in total. The van der Waals surface area contributed by atoms with Gasteiger partial charge in [0.2, 0.25) is 0 Å². The molecule has 0 spiro atoms. The molecular weight excluding hydrogens is 192 g/mol. The Hall–Kier alpha value is -0.810. The van der Waals surface area contributed by atoms with Crippen LogP contribution in [0, 0.1) is 0 Å². The van der Waals surface area contributed by atoms with Gasteiger partial charge in [-0.1, -0.05) is 31.9 Å². The lowest BCUT2D eigenvalue weighted by Crippen LogP contribution is -1.96. The summed E-state index contributed by atoms with van der Waals surface area (Å²) in [5, 5.41) is 0. The predicted molar refractivity (Wildman–Crippen MR) is 50.4 cm³/mol. The SMILES string of the molecule is CCCC/C=C/C=C/OS(=O)(=O)O. The van der Waals surface area contributed by atoms with Crippen molar-refractivity contribution in [3.8, 4) is 0 Å². The molecule has 0 saturated heterocycles. The molecule has 0 aromatic carbocycles. The van der Waals surface area contributed by atoms with Crippen LogP contribution in [-0.4, -0.2) is 13.0 Å². The largest absolute Gasteiger partial charge is 0.445 e. The van der Waals surface area contributed by atoms with Crippen LogP contribution >= 0.6 is 0 Å². The fraction of sp³-hybridized carbons (Fsp3) is 0.500. The Balaban J connectivity index is 3.58. The van der Waals surface area contributed by atoms with Crippen LogP contribution in [0.2, 0.25) is 0 Å². The van der Waals surface area contributed by atoms with Crippen molar-refractivity contribution in [2.24, 2.45) is 0 Å². The summed E-state index contributed by atoms with van der Waals surface area (Å²) in [6.07, 6.45) is 9.06. The Morgan fingerprint density at radius 2 is 2.08 bits per heavy atom. The standard InChI is InChI=1S/C8H14O4S/c1-2-3-4-5-6-7-8-12-13(9,10)11/h5-8H,2-4H2,1H3,(H,9,10,11)/b6-5+,8-7+. The molecular formula is C8H14O4S. The normalized spacial score (nSPS) is 12.8. The summed E-state index contributed by atoms with van der Waals surface area (Å²) < 4.78 is 32.1. The van der Waals surface area contributed by atoms with Gasteiger partial charge in [-0.3, -0.25) is 4.55 Å². The zero-order valence-corrected chi connectivity index (χ0v) is 8.33. The lowest BCUT2D eigenvalue weighted by atomic mass is 10.2. The first-order valence-corrected chi connectivity index (χ1v) is 5.40. The molecule has 0 amide bonds. The van der Waals surface area contributed by atoms with Crippen molar-refractivity contribution in [1.29, 1.82) is 0 Å². The molecule has 0 aromatic heterocycles. The van der Waals surface area contributed by atoms with Crippen LogP contribution in [0.3, 0.4) is 0 Å². The minimum Gasteiger partial charge on any atom is -0.370 e. The molecule has 13 heavy (non-hydrogen) atoms. The second-order valence-corrected chi connectivity index (χ2v) is 3.47. The van der Waals surface area contributed by atoms with Gasteiger partial charge in [-0.2, -0.15) is 8.42 Å². The van der Waals surface area contributed by atoms with Crippen LogP contribution in [0.25, 0.3) is 0 Å². The van der Waals surface area contributed by atoms with Gasteiger partial charge in [-0.05, 0) is 12.5 Å². The number of unbranched alkanes of at least 4 members (excludes halogenated alkanes) is 2. The highest BCUT2D eigenvalue weighted by Crippen LogP contribution is 1.95. The zero-order valence-electron chi connectivity index (χ0n) is 7.51. The molecule has 1 N–H and O–H groups in total. The van der Waals surface area contributed by atoms with Crippen LogP contribution in [0.1, 0.15) is 26.2 Å². The predicted octanol–water partition coefficient (Wildman–Crippen LogP) is 2.07. The molecule has 0 aromatic rings. The van der Waals surface area contributed by atoms with Gasteiger partial charge < -0.3 is 4.18 Å². The summed E-state index contributed by atoms with van der Waals surface area (Å²) in [6.45, 7) is 2.09. The summed E-state index contributed by atoms with van der Waals surface area (Å²) in [6, 6.07) is 0. The van der Waals surface area contributed by atoms with Gasteiger partial charge in [-0.15, -0.1) is 0 Å². The Morgan fingerprint density at radius 3 is 2.62 bits per heavy atom. The van der Waals surface area contributed by atoms with E-state index in [1.54, 1.807) is 6.08 Å². The van der Waals surface area contributed by atoms with Crippen molar-refractivity contribution >= 4 is 10.4 Å². The van der Waals surface area contributed by atoms with E-state index in [2.05, 4.69) is 11.1 Å². The smallest absolute Gasteiger partial charge is 0.370 e. The minimum absolute atomic E-state index is 0.914. The van der Waals surface area contributed by atoms with Gasteiger partial charge >= 0.3 is 10.4 Å². The second-order valence-electron chi connectivity index (χ2n) is 2.42. The first-order valence-electron chi connectivity index (χ1n) is 4.03. The summed E-state index contributed by atoms with van der Waals surface area (Å²) >= 11 is 0. The Bertz CT molecular complexity index is 264. The molecule has 0 saturated carbocycles. The van der Waals surface area contributed by atoms with Gasteiger partial charge in [0.25, 0.3) is 0 Å². The van der Waals surface area contributed by atoms with Gasteiger partial charge in [-0.25, -0.2) is 0 Å². The van der Waals surface area contributed by atoms with Crippen molar-refractivity contribution in [2.45, 2.75) is 26.2 Å². The van der Waals surface area contributed by atoms with E-state index in [-0.39, 0.29) is 0 Å². The lowest BCUT2D eigenvalue weighted by Gasteiger charge is -1.90. The zero-order chi connectivity index (χ0) is 10.2. The Kier molecular flexibility index (Phi) is 6.26. The molecule has 0 rings (SSSR count). The summed E-state index contributed by atoms with van der Waals surface area (Å²) in [5.41, 5.74) is 0. The fourth-order valence-corrected chi connectivity index (χ4v) is 0.849. The molecule has 76 valence electrons. The Morgan fingerprint density at radius 1 is 1.38 bits per heavy atom. The molecule has 0 atom stereocenters. The highest BCUT2D eigenvalue weighted by molar-refractivity contribution is 7.81. The molecule has 0 heterocycles. The molecule has 0 radical (unpaired) electrons. The van der Waals surface area contributed by atoms with Crippen LogP contribution in [0.4, 0.5) is 0 Å². The molecule has 0 aliphatic heterocycles. The van der Waals surface area contributed by atoms with Gasteiger partial charge in [0, 0.05) is 0 Å². The quantitative estimate of drug-likeness (QED) is 0.313. The maximum atomic E-state index is 10.0. The third-order valence-corrected chi connectivity index (χ3v) is 1.58.